The Morgan fingerprint density at radius 3 is 2.58 bits per heavy atom. The van der Waals surface area contributed by atoms with Crippen molar-refractivity contribution in [3.05, 3.63) is 112 Å². The van der Waals surface area contributed by atoms with Gasteiger partial charge in [-0.1, -0.05) is 77.8 Å². The third-order valence-corrected chi connectivity index (χ3v) is 6.63. The number of nitrogens with zero attached hydrogens (tertiary/aromatic N) is 2. The van der Waals surface area contributed by atoms with E-state index in [4.69, 9.17) is 21.4 Å². The van der Waals surface area contributed by atoms with Crippen molar-refractivity contribution in [3.63, 3.8) is 0 Å². The molecule has 0 spiro atoms. The van der Waals surface area contributed by atoms with Crippen LogP contribution in [0.25, 0.3) is 10.8 Å². The Kier molecular flexibility index (Phi) is 4.70. The number of rotatable bonds is 3. The van der Waals surface area contributed by atoms with Crippen LogP contribution in [0.4, 0.5) is 0 Å². The fourth-order valence-corrected chi connectivity index (χ4v) is 4.82. The van der Waals surface area contributed by atoms with Crippen molar-refractivity contribution in [2.24, 2.45) is 5.10 Å². The van der Waals surface area contributed by atoms with Crippen LogP contribution in [-0.4, -0.2) is 22.7 Å². The van der Waals surface area contributed by atoms with Crippen LogP contribution in [0.2, 0.25) is 5.02 Å². The van der Waals surface area contributed by atoms with Crippen LogP contribution in [-0.2, 0) is 0 Å². The molecular weight excluding hydrogens is 432 g/mol. The van der Waals surface area contributed by atoms with E-state index in [9.17, 15) is 4.79 Å². The van der Waals surface area contributed by atoms with Gasteiger partial charge in [0.1, 0.15) is 5.75 Å². The molecule has 2 aliphatic rings. The number of carbonyl (C=O) groups excluding carboxylic acids is 1. The topological polar surface area (TPSA) is 41.9 Å². The SMILES string of the molecule is Cc1ccc(C(=O)C2Oc3ccc(Cl)cc3C3CC(c4ccc5ccccc5c4)=NN23)cc1. The van der Waals surface area contributed by atoms with Gasteiger partial charge in [0, 0.05) is 22.6 Å². The summed E-state index contributed by atoms with van der Waals surface area (Å²) in [5.41, 5.74) is 4.65. The predicted molar refractivity (Wildman–Crippen MR) is 131 cm³/mol. The zero-order valence-electron chi connectivity index (χ0n) is 18.0. The van der Waals surface area contributed by atoms with E-state index in [1.807, 2.05) is 60.5 Å². The summed E-state index contributed by atoms with van der Waals surface area (Å²) in [6.07, 6.45) is -0.156. The monoisotopic (exact) mass is 452 g/mol. The second-order valence-corrected chi connectivity index (χ2v) is 9.03. The number of hydrazone groups is 1. The molecule has 2 heterocycles. The third kappa shape index (κ3) is 3.47. The number of hydrogen-bond donors (Lipinski definition) is 0. The quantitative estimate of drug-likeness (QED) is 0.331. The molecule has 4 aromatic rings. The van der Waals surface area contributed by atoms with Crippen molar-refractivity contribution in [1.29, 1.82) is 0 Å². The Balaban J connectivity index is 1.43. The largest absolute Gasteiger partial charge is 0.461 e. The van der Waals surface area contributed by atoms with Gasteiger partial charge in [0.2, 0.25) is 5.78 Å². The van der Waals surface area contributed by atoms with Crippen LogP contribution in [0, 0.1) is 6.92 Å². The van der Waals surface area contributed by atoms with Gasteiger partial charge >= 0.3 is 0 Å². The summed E-state index contributed by atoms with van der Waals surface area (Å²) in [5, 5.41) is 9.72. The van der Waals surface area contributed by atoms with Gasteiger partial charge in [-0.15, -0.1) is 0 Å². The zero-order valence-corrected chi connectivity index (χ0v) is 18.8. The molecule has 4 aromatic carbocycles. The fourth-order valence-electron chi connectivity index (χ4n) is 4.63. The molecule has 6 rings (SSSR count). The Bertz CT molecular complexity index is 1430. The molecule has 0 fully saturated rings. The van der Waals surface area contributed by atoms with E-state index < -0.39 is 6.23 Å². The number of halogens is 1. The van der Waals surface area contributed by atoms with E-state index in [1.54, 1.807) is 6.07 Å². The highest BCUT2D eigenvalue weighted by Crippen LogP contribution is 2.44. The number of carbonyl (C=O) groups is 1. The van der Waals surface area contributed by atoms with E-state index in [0.29, 0.717) is 22.8 Å². The number of fused-ring (bicyclic) bond motifs is 4. The molecule has 0 bridgehead atoms. The lowest BCUT2D eigenvalue weighted by molar-refractivity contribution is -0.00455. The van der Waals surface area contributed by atoms with Crippen LogP contribution in [0.15, 0.2) is 90.0 Å². The molecular formula is C28H21ClN2O2. The van der Waals surface area contributed by atoms with E-state index in [0.717, 1.165) is 27.8 Å². The Labute approximate surface area is 197 Å². The van der Waals surface area contributed by atoms with E-state index in [1.165, 1.54) is 5.39 Å². The maximum absolute atomic E-state index is 13.5. The lowest BCUT2D eigenvalue weighted by atomic mass is 9.95. The number of Topliss-reactive ketones (excluding diaryl/α,β-unsaturated/α-hetero) is 1. The van der Waals surface area contributed by atoms with Gasteiger partial charge in [-0.2, -0.15) is 5.10 Å². The fraction of sp³-hybridized carbons (Fsp3) is 0.143. The smallest absolute Gasteiger partial charge is 0.251 e. The van der Waals surface area contributed by atoms with E-state index >= 15 is 0 Å². The molecule has 0 N–H and O–H groups in total. The van der Waals surface area contributed by atoms with Crippen molar-refractivity contribution >= 4 is 33.9 Å². The second kappa shape index (κ2) is 7.75. The van der Waals surface area contributed by atoms with Gasteiger partial charge in [-0.3, -0.25) is 4.79 Å². The summed E-state index contributed by atoms with van der Waals surface area (Å²) < 4.78 is 6.21. The van der Waals surface area contributed by atoms with Crippen LogP contribution in [0.3, 0.4) is 0 Å². The molecule has 2 unspecified atom stereocenters. The molecule has 5 heteroatoms. The standard InChI is InChI=1S/C28H21ClN2O2/c1-17-6-8-19(9-7-17)27(32)28-31-25(23-15-22(29)12-13-26(23)33-28)16-24(30-31)21-11-10-18-4-2-3-5-20(18)14-21/h2-15,25,28H,16H2,1H3. The molecule has 4 nitrogen and oxygen atoms in total. The highest BCUT2D eigenvalue weighted by molar-refractivity contribution is 6.30. The lowest BCUT2D eigenvalue weighted by Crippen LogP contribution is -2.45. The molecule has 0 saturated carbocycles. The van der Waals surface area contributed by atoms with Crippen LogP contribution in [0.1, 0.15) is 39.5 Å². The summed E-state index contributed by atoms with van der Waals surface area (Å²) in [5.74, 6) is 0.574. The van der Waals surface area contributed by atoms with Crippen molar-refractivity contribution in [2.45, 2.75) is 25.6 Å². The highest BCUT2D eigenvalue weighted by Gasteiger charge is 2.43. The summed E-state index contributed by atoms with van der Waals surface area (Å²) in [7, 11) is 0. The normalized spacial score (nSPS) is 19.0. The Morgan fingerprint density at radius 2 is 1.76 bits per heavy atom. The van der Waals surface area contributed by atoms with Crippen LogP contribution in [0.5, 0.6) is 5.75 Å². The summed E-state index contributed by atoms with van der Waals surface area (Å²) in [6, 6.07) is 27.6. The Hall–Kier alpha value is -3.63. The third-order valence-electron chi connectivity index (χ3n) is 6.39. The summed E-state index contributed by atoms with van der Waals surface area (Å²) >= 11 is 6.32. The van der Waals surface area contributed by atoms with Gasteiger partial charge in [-0.05, 0) is 47.5 Å². The first-order valence-electron chi connectivity index (χ1n) is 11.0. The van der Waals surface area contributed by atoms with Gasteiger partial charge in [0.05, 0.1) is 11.8 Å². The molecule has 0 radical (unpaired) electrons. The van der Waals surface area contributed by atoms with E-state index in [-0.39, 0.29) is 11.8 Å². The minimum Gasteiger partial charge on any atom is -0.461 e. The second-order valence-electron chi connectivity index (χ2n) is 8.59. The first-order valence-corrected chi connectivity index (χ1v) is 11.4. The first kappa shape index (κ1) is 20.0. The summed E-state index contributed by atoms with van der Waals surface area (Å²) in [6.45, 7) is 2.00. The number of ether oxygens (including phenoxy) is 1. The molecule has 0 aliphatic carbocycles. The first-order chi connectivity index (χ1) is 16.1. The van der Waals surface area contributed by atoms with Gasteiger partial charge in [0.15, 0.2) is 0 Å². The molecule has 0 saturated heterocycles. The minimum absolute atomic E-state index is 0.107. The maximum atomic E-state index is 13.5. The van der Waals surface area contributed by atoms with Gasteiger partial charge in [-0.25, -0.2) is 5.01 Å². The molecule has 2 atom stereocenters. The minimum atomic E-state index is -0.829. The summed E-state index contributed by atoms with van der Waals surface area (Å²) in [4.78, 5) is 13.5. The molecule has 0 amide bonds. The molecule has 33 heavy (non-hydrogen) atoms. The van der Waals surface area contributed by atoms with Crippen molar-refractivity contribution < 1.29 is 9.53 Å². The van der Waals surface area contributed by atoms with Crippen LogP contribution < -0.4 is 4.74 Å². The maximum Gasteiger partial charge on any atom is 0.251 e. The van der Waals surface area contributed by atoms with Gasteiger partial charge in [0.25, 0.3) is 6.23 Å². The average Bonchev–Trinajstić information content (AvgIpc) is 3.29. The molecule has 2 aliphatic heterocycles. The van der Waals surface area contributed by atoms with Crippen LogP contribution >= 0.6 is 11.6 Å². The lowest BCUT2D eigenvalue weighted by Gasteiger charge is -2.37. The predicted octanol–water partition coefficient (Wildman–Crippen LogP) is 6.55. The number of aryl methyl sites for hydroxylation is 1. The number of benzene rings is 4. The number of hydrogen-bond acceptors (Lipinski definition) is 4. The zero-order chi connectivity index (χ0) is 22.5. The molecule has 0 aromatic heterocycles. The average molecular weight is 453 g/mol. The number of ketones is 1. The van der Waals surface area contributed by atoms with Crippen molar-refractivity contribution in [2.75, 3.05) is 0 Å². The van der Waals surface area contributed by atoms with Crippen molar-refractivity contribution in [3.8, 4) is 5.75 Å². The molecule has 162 valence electrons. The highest BCUT2D eigenvalue weighted by atomic mass is 35.5. The van der Waals surface area contributed by atoms with Gasteiger partial charge < -0.3 is 4.74 Å². The Morgan fingerprint density at radius 1 is 0.970 bits per heavy atom. The van der Waals surface area contributed by atoms with Crippen molar-refractivity contribution in [1.82, 2.24) is 5.01 Å². The van der Waals surface area contributed by atoms with E-state index in [2.05, 4.69) is 30.3 Å².